The van der Waals surface area contributed by atoms with Gasteiger partial charge in [-0.25, -0.2) is 14.8 Å². The van der Waals surface area contributed by atoms with Crippen LogP contribution in [0.15, 0.2) is 60.8 Å². The van der Waals surface area contributed by atoms with Crippen LogP contribution in [0, 0.1) is 0 Å². The highest BCUT2D eigenvalue weighted by Gasteiger charge is 2.35. The number of H-pyrrole nitrogens is 2. The number of rotatable bonds is 6. The lowest BCUT2D eigenvalue weighted by atomic mass is 10.1. The van der Waals surface area contributed by atoms with Gasteiger partial charge in [-0.15, -0.1) is 11.3 Å². The molecule has 5 heterocycles. The summed E-state index contributed by atoms with van der Waals surface area (Å²) in [5, 5.41) is 0. The van der Waals surface area contributed by atoms with Gasteiger partial charge in [-0.05, 0) is 87.4 Å². The van der Waals surface area contributed by atoms with Gasteiger partial charge in [-0.3, -0.25) is 9.69 Å². The number of nitrogens with one attached hydrogen (secondary N) is 2. The molecule has 226 valence electrons. The lowest BCUT2D eigenvalue weighted by molar-refractivity contribution is -0.119. The number of carbonyl (C=O) groups excluding carboxylic acids is 2. The van der Waals surface area contributed by atoms with Gasteiger partial charge in [0.25, 0.3) is 0 Å². The molecule has 10 heteroatoms. The number of ether oxygens (including phenoxy) is 1. The summed E-state index contributed by atoms with van der Waals surface area (Å²) in [6.07, 6.45) is 6.22. The zero-order valence-electron chi connectivity index (χ0n) is 25.2. The molecule has 9 nitrogen and oxygen atoms in total. The number of thiophene rings is 1. The Hall–Kier alpha value is -4.44. The molecule has 2 aliphatic rings. The Morgan fingerprint density at radius 3 is 2.39 bits per heavy atom. The molecule has 5 aromatic rings. The van der Waals surface area contributed by atoms with Crippen LogP contribution >= 0.6 is 11.3 Å². The molecular formula is C34H36N6O3S. The largest absolute Gasteiger partial charge is 0.444 e. The second-order valence-corrected chi connectivity index (χ2v) is 13.7. The van der Waals surface area contributed by atoms with Crippen LogP contribution in [0.5, 0.6) is 0 Å². The van der Waals surface area contributed by atoms with Crippen LogP contribution in [-0.4, -0.2) is 60.9 Å². The number of amides is 2. The molecule has 2 fully saturated rings. The van der Waals surface area contributed by atoms with Gasteiger partial charge in [0.2, 0.25) is 6.41 Å². The van der Waals surface area contributed by atoms with Crippen molar-refractivity contribution in [3.63, 3.8) is 0 Å². The standard InChI is InChI=1S/C34H36N6O3S/c1-34(2,3)43-33(42)40-17-5-7-28(40)32-36-24-13-12-23(18-25(24)37-32)30-15-14-29(44-30)22-10-8-21(9-11-22)26-19-35-31(38-26)27-6-4-16-39(27)20-41/h8-15,18-20,27-28H,4-7,16-17H2,1-3H3,(H,35,38)(H,36,37). The maximum Gasteiger partial charge on any atom is 0.410 e. The number of likely N-dealkylation sites (tertiary alicyclic amines) is 2. The predicted molar refractivity (Wildman–Crippen MR) is 172 cm³/mol. The lowest BCUT2D eigenvalue weighted by Gasteiger charge is -2.27. The summed E-state index contributed by atoms with van der Waals surface area (Å²) < 4.78 is 5.65. The predicted octanol–water partition coefficient (Wildman–Crippen LogP) is 7.71. The maximum absolute atomic E-state index is 12.8. The van der Waals surface area contributed by atoms with Crippen LogP contribution in [0.2, 0.25) is 0 Å². The molecule has 44 heavy (non-hydrogen) atoms. The van der Waals surface area contributed by atoms with E-state index >= 15 is 0 Å². The Balaban J connectivity index is 1.07. The second-order valence-electron chi connectivity index (χ2n) is 12.6. The Bertz CT molecular complexity index is 1810. The third kappa shape index (κ3) is 5.50. The average Bonchev–Trinajstić information content (AvgIpc) is 3.83. The summed E-state index contributed by atoms with van der Waals surface area (Å²) in [5.74, 6) is 1.66. The normalized spacial score (nSPS) is 18.8. The first-order valence-electron chi connectivity index (χ1n) is 15.2. The number of fused-ring (bicyclic) bond motifs is 1. The lowest BCUT2D eigenvalue weighted by Crippen LogP contribution is -2.36. The minimum atomic E-state index is -0.533. The molecule has 2 N–H and O–H groups in total. The molecule has 3 aromatic heterocycles. The fourth-order valence-electron chi connectivity index (χ4n) is 6.25. The summed E-state index contributed by atoms with van der Waals surface area (Å²) in [7, 11) is 0. The van der Waals surface area contributed by atoms with Gasteiger partial charge in [-0.2, -0.15) is 0 Å². The fraction of sp³-hybridized carbons (Fsp3) is 0.353. The molecule has 0 spiro atoms. The number of hydrogen-bond donors (Lipinski definition) is 2. The van der Waals surface area contributed by atoms with Crippen molar-refractivity contribution in [1.82, 2.24) is 29.7 Å². The number of benzene rings is 2. The summed E-state index contributed by atoms with van der Waals surface area (Å²) in [6.45, 7) is 7.13. The van der Waals surface area contributed by atoms with E-state index in [2.05, 4.69) is 63.5 Å². The van der Waals surface area contributed by atoms with E-state index in [9.17, 15) is 9.59 Å². The van der Waals surface area contributed by atoms with E-state index in [0.29, 0.717) is 6.54 Å². The van der Waals surface area contributed by atoms with E-state index in [1.807, 2.05) is 37.9 Å². The van der Waals surface area contributed by atoms with Gasteiger partial charge < -0.3 is 19.6 Å². The van der Waals surface area contributed by atoms with Gasteiger partial charge in [0.1, 0.15) is 17.2 Å². The van der Waals surface area contributed by atoms with Crippen molar-refractivity contribution in [2.75, 3.05) is 13.1 Å². The number of hydrogen-bond acceptors (Lipinski definition) is 6. The first-order chi connectivity index (χ1) is 21.3. The Morgan fingerprint density at radius 2 is 1.61 bits per heavy atom. The smallest absolute Gasteiger partial charge is 0.410 e. The molecular weight excluding hydrogens is 572 g/mol. The van der Waals surface area contributed by atoms with Crippen molar-refractivity contribution >= 4 is 34.9 Å². The van der Waals surface area contributed by atoms with E-state index < -0.39 is 5.60 Å². The Kier molecular flexibility index (Phi) is 7.24. The zero-order valence-corrected chi connectivity index (χ0v) is 26.0. The molecule has 7 rings (SSSR count). The third-order valence-electron chi connectivity index (χ3n) is 8.41. The molecule has 2 saturated heterocycles. The van der Waals surface area contributed by atoms with E-state index in [1.54, 1.807) is 16.2 Å². The SMILES string of the molecule is CC(C)(C)OC(=O)N1CCCC1c1nc2ccc(-c3ccc(-c4ccc(-c5cnc(C6CCCN6C=O)[nH]5)cc4)s3)cc2[nH]1. The number of nitrogens with zero attached hydrogens (tertiary/aromatic N) is 4. The Labute approximate surface area is 260 Å². The quantitative estimate of drug-likeness (QED) is 0.192. The van der Waals surface area contributed by atoms with E-state index in [4.69, 9.17) is 9.72 Å². The summed E-state index contributed by atoms with van der Waals surface area (Å²) in [4.78, 5) is 46.5. The van der Waals surface area contributed by atoms with E-state index in [-0.39, 0.29) is 18.2 Å². The van der Waals surface area contributed by atoms with Crippen LogP contribution in [0.1, 0.15) is 70.2 Å². The van der Waals surface area contributed by atoms with Crippen molar-refractivity contribution in [2.24, 2.45) is 0 Å². The molecule has 2 aromatic carbocycles. The summed E-state index contributed by atoms with van der Waals surface area (Å²) >= 11 is 1.75. The van der Waals surface area contributed by atoms with Crippen molar-refractivity contribution in [3.8, 4) is 32.1 Å². The minimum Gasteiger partial charge on any atom is -0.444 e. The van der Waals surface area contributed by atoms with Crippen LogP contribution in [0.3, 0.4) is 0 Å². The summed E-state index contributed by atoms with van der Waals surface area (Å²) in [6, 6.07) is 19.0. The highest BCUT2D eigenvalue weighted by molar-refractivity contribution is 7.18. The van der Waals surface area contributed by atoms with Crippen LogP contribution in [0.4, 0.5) is 4.79 Å². The number of carbonyl (C=O) groups is 2. The van der Waals surface area contributed by atoms with Gasteiger partial charge in [0, 0.05) is 22.8 Å². The molecule has 2 atom stereocenters. The molecule has 0 radical (unpaired) electrons. The van der Waals surface area contributed by atoms with Crippen molar-refractivity contribution in [1.29, 1.82) is 0 Å². The number of imidazole rings is 2. The maximum atomic E-state index is 12.8. The first kappa shape index (κ1) is 28.3. The van der Waals surface area contributed by atoms with Crippen molar-refractivity contribution < 1.29 is 14.3 Å². The van der Waals surface area contributed by atoms with Crippen LogP contribution in [0.25, 0.3) is 43.2 Å². The van der Waals surface area contributed by atoms with Crippen molar-refractivity contribution in [3.05, 3.63) is 72.4 Å². The average molecular weight is 609 g/mol. The van der Waals surface area contributed by atoms with Gasteiger partial charge in [0.05, 0.1) is 35.0 Å². The molecule has 0 aliphatic carbocycles. The second kappa shape index (κ2) is 11.2. The molecule has 2 unspecified atom stereocenters. The van der Waals surface area contributed by atoms with Gasteiger partial charge in [-0.1, -0.05) is 30.3 Å². The molecule has 2 amide bonds. The number of aromatic nitrogens is 4. The third-order valence-corrected chi connectivity index (χ3v) is 9.59. The zero-order chi connectivity index (χ0) is 30.4. The molecule has 0 bridgehead atoms. The van der Waals surface area contributed by atoms with E-state index in [1.165, 1.54) is 9.75 Å². The Morgan fingerprint density at radius 1 is 0.909 bits per heavy atom. The highest BCUT2D eigenvalue weighted by atomic mass is 32.1. The van der Waals surface area contributed by atoms with Gasteiger partial charge >= 0.3 is 6.09 Å². The van der Waals surface area contributed by atoms with Gasteiger partial charge in [0.15, 0.2) is 0 Å². The molecule has 2 aliphatic heterocycles. The number of aromatic amines is 2. The minimum absolute atomic E-state index is 0.0345. The highest BCUT2D eigenvalue weighted by Crippen LogP contribution is 2.38. The van der Waals surface area contributed by atoms with Crippen LogP contribution in [-0.2, 0) is 9.53 Å². The topological polar surface area (TPSA) is 107 Å². The summed E-state index contributed by atoms with van der Waals surface area (Å²) in [5.41, 5.74) is 5.61. The van der Waals surface area contributed by atoms with Crippen molar-refractivity contribution in [2.45, 2.75) is 64.1 Å². The monoisotopic (exact) mass is 608 g/mol. The fourth-order valence-corrected chi connectivity index (χ4v) is 7.26. The van der Waals surface area contributed by atoms with E-state index in [0.717, 1.165) is 83.7 Å². The van der Waals surface area contributed by atoms with Crippen LogP contribution < -0.4 is 0 Å². The first-order valence-corrected chi connectivity index (χ1v) is 16.0. The molecule has 0 saturated carbocycles.